The zero-order valence-electron chi connectivity index (χ0n) is 20.4. The minimum Gasteiger partial charge on any atom is -0.475 e. The molecule has 14 heteroatoms. The summed E-state index contributed by atoms with van der Waals surface area (Å²) in [6.45, 7) is 4.61. The molecule has 2 N–H and O–H groups in total. The third-order valence-electron chi connectivity index (χ3n) is 6.64. The number of aromatic amines is 1. The maximum absolute atomic E-state index is 14.5. The van der Waals surface area contributed by atoms with Crippen molar-refractivity contribution >= 4 is 40.6 Å². The molecule has 5 rings (SSSR count). The van der Waals surface area contributed by atoms with Gasteiger partial charge in [-0.15, -0.1) is 0 Å². The average Bonchev–Trinajstić information content (AvgIpc) is 3.47. The van der Waals surface area contributed by atoms with Crippen LogP contribution in [0.1, 0.15) is 34.5 Å². The van der Waals surface area contributed by atoms with Gasteiger partial charge in [0.25, 0.3) is 11.5 Å². The highest BCUT2D eigenvalue weighted by Crippen LogP contribution is 2.28. The lowest BCUT2D eigenvalue weighted by molar-refractivity contribution is -0.192. The van der Waals surface area contributed by atoms with Crippen molar-refractivity contribution in [1.29, 1.82) is 0 Å². The SMILES string of the molecule is O=C(O)C(F)(F)F.O=C(c1cc(Cc2c[nH]c(=O)c3cc(Cl)c(Cl)n23)ccc1F)N1CC(CN2CCCC2)C1. The number of benzene rings is 1. The third kappa shape index (κ3) is 6.56. The van der Waals surface area contributed by atoms with Gasteiger partial charge >= 0.3 is 12.1 Å². The monoisotopic (exact) mass is 590 g/mol. The average molecular weight is 591 g/mol. The van der Waals surface area contributed by atoms with Crippen LogP contribution >= 0.6 is 23.2 Å². The number of carboxylic acids is 1. The van der Waals surface area contributed by atoms with Crippen molar-refractivity contribution in [3.63, 3.8) is 0 Å². The summed E-state index contributed by atoms with van der Waals surface area (Å²) < 4.78 is 47.8. The van der Waals surface area contributed by atoms with E-state index in [1.54, 1.807) is 27.6 Å². The summed E-state index contributed by atoms with van der Waals surface area (Å²) in [5.74, 6) is -3.11. The molecule has 2 aromatic heterocycles. The number of carboxylic acid groups (broad SMARTS) is 1. The quantitative estimate of drug-likeness (QED) is 0.427. The molecule has 1 aromatic carbocycles. The second-order valence-electron chi connectivity index (χ2n) is 9.49. The largest absolute Gasteiger partial charge is 0.490 e. The van der Waals surface area contributed by atoms with Crippen molar-refractivity contribution < 1.29 is 32.3 Å². The molecule has 210 valence electrons. The number of fused-ring (bicyclic) bond motifs is 1. The van der Waals surface area contributed by atoms with E-state index in [-0.39, 0.29) is 27.2 Å². The van der Waals surface area contributed by atoms with Gasteiger partial charge in [-0.2, -0.15) is 13.2 Å². The van der Waals surface area contributed by atoms with E-state index in [1.807, 2.05) is 0 Å². The first-order chi connectivity index (χ1) is 18.3. The first kappa shape index (κ1) is 28.9. The lowest BCUT2D eigenvalue weighted by atomic mass is 9.97. The second kappa shape index (κ2) is 11.6. The van der Waals surface area contributed by atoms with Gasteiger partial charge in [0.2, 0.25) is 0 Å². The molecule has 0 aliphatic carbocycles. The summed E-state index contributed by atoms with van der Waals surface area (Å²) in [5.41, 5.74) is 1.51. The molecule has 0 spiro atoms. The number of nitrogens with one attached hydrogen (secondary N) is 1. The fourth-order valence-corrected chi connectivity index (χ4v) is 5.17. The highest BCUT2D eigenvalue weighted by Gasteiger charge is 2.38. The van der Waals surface area contributed by atoms with E-state index in [4.69, 9.17) is 33.1 Å². The van der Waals surface area contributed by atoms with E-state index in [0.29, 0.717) is 36.6 Å². The highest BCUT2D eigenvalue weighted by molar-refractivity contribution is 6.42. The summed E-state index contributed by atoms with van der Waals surface area (Å²) in [4.78, 5) is 40.7. The van der Waals surface area contributed by atoms with E-state index < -0.39 is 18.0 Å². The van der Waals surface area contributed by atoms with E-state index >= 15 is 0 Å². The van der Waals surface area contributed by atoms with Gasteiger partial charge in [0, 0.05) is 43.9 Å². The Morgan fingerprint density at radius 3 is 2.36 bits per heavy atom. The predicted molar refractivity (Wildman–Crippen MR) is 136 cm³/mol. The molecule has 2 aliphatic rings. The van der Waals surface area contributed by atoms with Crippen molar-refractivity contribution in [2.75, 3.05) is 32.7 Å². The van der Waals surface area contributed by atoms with Crippen molar-refractivity contribution in [1.82, 2.24) is 19.2 Å². The fourth-order valence-electron chi connectivity index (χ4n) is 4.73. The number of nitrogens with zero attached hydrogens (tertiary/aromatic N) is 3. The van der Waals surface area contributed by atoms with Crippen molar-refractivity contribution in [2.24, 2.45) is 5.92 Å². The van der Waals surface area contributed by atoms with Crippen LogP contribution in [0.2, 0.25) is 10.2 Å². The van der Waals surface area contributed by atoms with Gasteiger partial charge in [-0.3, -0.25) is 14.0 Å². The Bertz CT molecular complexity index is 1440. The van der Waals surface area contributed by atoms with Crippen LogP contribution in [0.25, 0.3) is 5.52 Å². The molecular weight excluding hydrogens is 567 g/mol. The number of aliphatic carboxylic acids is 1. The van der Waals surface area contributed by atoms with Crippen LogP contribution in [0.5, 0.6) is 0 Å². The van der Waals surface area contributed by atoms with Gasteiger partial charge in [0.15, 0.2) is 0 Å². The molecule has 2 fully saturated rings. The van der Waals surface area contributed by atoms with Gasteiger partial charge in [0.1, 0.15) is 16.5 Å². The van der Waals surface area contributed by atoms with E-state index in [0.717, 1.165) is 25.2 Å². The van der Waals surface area contributed by atoms with Crippen molar-refractivity contribution in [3.05, 3.63) is 73.6 Å². The van der Waals surface area contributed by atoms with E-state index in [9.17, 15) is 27.2 Å². The minimum atomic E-state index is -5.08. The van der Waals surface area contributed by atoms with E-state index in [2.05, 4.69) is 9.88 Å². The van der Waals surface area contributed by atoms with Crippen LogP contribution in [-0.4, -0.2) is 75.1 Å². The normalized spacial score (nSPS) is 16.2. The number of hydrogen-bond donors (Lipinski definition) is 2. The topological polar surface area (TPSA) is 98.1 Å². The van der Waals surface area contributed by atoms with Gasteiger partial charge in [-0.05, 0) is 49.7 Å². The summed E-state index contributed by atoms with van der Waals surface area (Å²) in [5, 5.41) is 7.65. The van der Waals surface area contributed by atoms with Crippen LogP contribution in [-0.2, 0) is 11.2 Å². The molecule has 0 unspecified atom stereocenters. The summed E-state index contributed by atoms with van der Waals surface area (Å²) in [6.07, 6.45) is -0.693. The Kier molecular flexibility index (Phi) is 8.57. The van der Waals surface area contributed by atoms with Crippen LogP contribution in [0.15, 0.2) is 35.3 Å². The number of alkyl halides is 3. The number of carbonyl (C=O) groups excluding carboxylic acids is 1. The number of likely N-dealkylation sites (tertiary alicyclic amines) is 2. The maximum Gasteiger partial charge on any atom is 0.490 e. The molecule has 2 aliphatic heterocycles. The number of aromatic nitrogens is 2. The Morgan fingerprint density at radius 1 is 1.10 bits per heavy atom. The van der Waals surface area contributed by atoms with E-state index in [1.165, 1.54) is 25.0 Å². The zero-order chi connectivity index (χ0) is 28.5. The smallest absolute Gasteiger partial charge is 0.475 e. The van der Waals surface area contributed by atoms with Crippen LogP contribution in [0, 0.1) is 11.7 Å². The number of halogens is 6. The highest BCUT2D eigenvalue weighted by atomic mass is 35.5. The standard InChI is InChI=1S/C23H23Cl2FN4O2.C2HF3O2/c24-18-9-20-22(31)27-10-16(30(20)21(18)25)7-14-3-4-19(26)17(8-14)23(32)29-12-15(13-29)11-28-5-1-2-6-28;3-2(4,5)1(6)7/h3-4,8-10,15H,1-2,5-7,11-13H2,(H,27,31);(H,6,7). The number of rotatable bonds is 5. The lowest BCUT2D eigenvalue weighted by Crippen LogP contribution is -2.53. The Morgan fingerprint density at radius 2 is 1.74 bits per heavy atom. The molecule has 8 nitrogen and oxygen atoms in total. The first-order valence-electron chi connectivity index (χ1n) is 12.0. The Hall–Kier alpha value is -3.09. The van der Waals surface area contributed by atoms with Gasteiger partial charge in [-0.1, -0.05) is 29.3 Å². The van der Waals surface area contributed by atoms with Crippen LogP contribution in [0.4, 0.5) is 17.6 Å². The van der Waals surface area contributed by atoms with Crippen molar-refractivity contribution in [2.45, 2.75) is 25.4 Å². The number of hydrogen-bond acceptors (Lipinski definition) is 4. The molecular formula is C25H24Cl2F4N4O4. The Labute approximate surface area is 229 Å². The molecule has 1 amide bonds. The molecule has 0 saturated carbocycles. The summed E-state index contributed by atoms with van der Waals surface area (Å²) in [7, 11) is 0. The molecule has 0 radical (unpaired) electrons. The second-order valence-corrected chi connectivity index (χ2v) is 10.3. The molecule has 0 atom stereocenters. The molecule has 4 heterocycles. The molecule has 2 saturated heterocycles. The van der Waals surface area contributed by atoms with Crippen LogP contribution < -0.4 is 5.56 Å². The number of carbonyl (C=O) groups is 2. The lowest BCUT2D eigenvalue weighted by Gasteiger charge is -2.41. The fraction of sp³-hybridized carbons (Fsp3) is 0.400. The van der Waals surface area contributed by atoms with Gasteiger partial charge < -0.3 is 19.9 Å². The number of amides is 1. The van der Waals surface area contributed by atoms with Crippen molar-refractivity contribution in [3.8, 4) is 0 Å². The Balaban J connectivity index is 0.000000448. The first-order valence-corrected chi connectivity index (χ1v) is 12.8. The van der Waals surface area contributed by atoms with Gasteiger partial charge in [-0.25, -0.2) is 9.18 Å². The minimum absolute atomic E-state index is 0.0689. The zero-order valence-corrected chi connectivity index (χ0v) is 21.9. The molecule has 3 aromatic rings. The number of H-pyrrole nitrogens is 1. The molecule has 39 heavy (non-hydrogen) atoms. The maximum atomic E-state index is 14.5. The predicted octanol–water partition coefficient (Wildman–Crippen LogP) is 4.47. The van der Waals surface area contributed by atoms with Gasteiger partial charge in [0.05, 0.1) is 10.6 Å². The summed E-state index contributed by atoms with van der Waals surface area (Å²) >= 11 is 12.4. The summed E-state index contributed by atoms with van der Waals surface area (Å²) in [6, 6.07) is 6.04. The third-order valence-corrected chi connectivity index (χ3v) is 7.39. The molecule has 0 bridgehead atoms. The van der Waals surface area contributed by atoms with Crippen LogP contribution in [0.3, 0.4) is 0 Å².